The maximum Gasteiger partial charge on any atom is 0.339 e. The summed E-state index contributed by atoms with van der Waals surface area (Å²) in [5.74, 6) is -0.193. The SMILES string of the molecule is Cc1ccc(C)c(S(=O)(=O)Oc2ccccc2NC(=O)Nc2ccccc2OS(=O)(=O)c2cc(C)ccc2C)c1. The highest BCUT2D eigenvalue weighted by atomic mass is 32.2. The second kappa shape index (κ2) is 11.4. The van der Waals surface area contributed by atoms with Crippen LogP contribution in [-0.4, -0.2) is 22.9 Å². The zero-order chi connectivity index (χ0) is 29.1. The topological polar surface area (TPSA) is 128 Å². The Bertz CT molecular complexity index is 1670. The van der Waals surface area contributed by atoms with Gasteiger partial charge in [-0.3, -0.25) is 0 Å². The Hall–Kier alpha value is -4.35. The van der Waals surface area contributed by atoms with Crippen molar-refractivity contribution in [1.29, 1.82) is 0 Å². The van der Waals surface area contributed by atoms with Gasteiger partial charge in [-0.25, -0.2) is 4.79 Å². The summed E-state index contributed by atoms with van der Waals surface area (Å²) in [4.78, 5) is 13.0. The van der Waals surface area contributed by atoms with Crippen LogP contribution in [0.1, 0.15) is 22.3 Å². The molecule has 11 heteroatoms. The predicted molar refractivity (Wildman–Crippen MR) is 153 cm³/mol. The first kappa shape index (κ1) is 28.7. The molecule has 40 heavy (non-hydrogen) atoms. The van der Waals surface area contributed by atoms with Gasteiger partial charge in [0.1, 0.15) is 9.79 Å². The van der Waals surface area contributed by atoms with Gasteiger partial charge >= 0.3 is 26.3 Å². The number of hydrogen-bond acceptors (Lipinski definition) is 7. The summed E-state index contributed by atoms with van der Waals surface area (Å²) in [6.45, 7) is 6.86. The molecule has 208 valence electrons. The third kappa shape index (κ3) is 6.61. The molecule has 0 fully saturated rings. The van der Waals surface area contributed by atoms with Crippen molar-refractivity contribution in [3.63, 3.8) is 0 Å². The van der Waals surface area contributed by atoms with Crippen LogP contribution in [-0.2, 0) is 20.2 Å². The normalized spacial score (nSPS) is 11.5. The minimum atomic E-state index is -4.20. The molecule has 0 aliphatic rings. The van der Waals surface area contributed by atoms with Crippen molar-refractivity contribution >= 4 is 37.6 Å². The Morgan fingerprint density at radius 2 is 0.950 bits per heavy atom. The molecule has 0 radical (unpaired) electrons. The van der Waals surface area contributed by atoms with E-state index in [-0.39, 0.29) is 32.7 Å². The van der Waals surface area contributed by atoms with Crippen LogP contribution in [0, 0.1) is 27.7 Å². The van der Waals surface area contributed by atoms with Crippen molar-refractivity contribution in [3.8, 4) is 11.5 Å². The molecule has 4 aromatic rings. The van der Waals surface area contributed by atoms with E-state index >= 15 is 0 Å². The number of para-hydroxylation sites is 4. The van der Waals surface area contributed by atoms with Crippen LogP contribution in [0.25, 0.3) is 0 Å². The molecule has 0 unspecified atom stereocenters. The average Bonchev–Trinajstić information content (AvgIpc) is 2.89. The minimum Gasteiger partial charge on any atom is -0.377 e. The number of hydrogen-bond donors (Lipinski definition) is 2. The van der Waals surface area contributed by atoms with Gasteiger partial charge in [-0.2, -0.15) is 16.8 Å². The fraction of sp³-hybridized carbons (Fsp3) is 0.138. The van der Waals surface area contributed by atoms with Crippen LogP contribution < -0.4 is 19.0 Å². The molecule has 9 nitrogen and oxygen atoms in total. The van der Waals surface area contributed by atoms with Crippen LogP contribution in [0.15, 0.2) is 94.7 Å². The van der Waals surface area contributed by atoms with E-state index in [4.69, 9.17) is 8.37 Å². The summed E-state index contributed by atoms with van der Waals surface area (Å²) < 4.78 is 62.9. The highest BCUT2D eigenvalue weighted by Crippen LogP contribution is 2.31. The lowest BCUT2D eigenvalue weighted by molar-refractivity contribution is 0.262. The Labute approximate surface area is 234 Å². The van der Waals surface area contributed by atoms with E-state index in [0.29, 0.717) is 11.1 Å². The molecule has 0 bridgehead atoms. The summed E-state index contributed by atoms with van der Waals surface area (Å²) in [5.41, 5.74) is 2.69. The third-order valence-electron chi connectivity index (χ3n) is 5.90. The Morgan fingerprint density at radius 3 is 1.35 bits per heavy atom. The third-order valence-corrected chi connectivity index (χ3v) is 8.65. The van der Waals surface area contributed by atoms with Crippen LogP contribution in [0.5, 0.6) is 11.5 Å². The molecule has 0 aliphatic heterocycles. The van der Waals surface area contributed by atoms with Crippen LogP contribution >= 0.6 is 0 Å². The van der Waals surface area contributed by atoms with Crippen molar-refractivity contribution in [2.24, 2.45) is 0 Å². The molecule has 0 aliphatic carbocycles. The first-order chi connectivity index (χ1) is 18.9. The lowest BCUT2D eigenvalue weighted by Gasteiger charge is -2.16. The summed E-state index contributed by atoms with van der Waals surface area (Å²) in [5, 5.41) is 5.11. The quantitative estimate of drug-likeness (QED) is 0.241. The monoisotopic (exact) mass is 580 g/mol. The van der Waals surface area contributed by atoms with E-state index in [1.807, 2.05) is 0 Å². The van der Waals surface area contributed by atoms with Gasteiger partial charge in [-0.15, -0.1) is 0 Å². The predicted octanol–water partition coefficient (Wildman–Crippen LogP) is 6.10. The Kier molecular flexibility index (Phi) is 8.17. The van der Waals surface area contributed by atoms with Gasteiger partial charge in [0, 0.05) is 0 Å². The van der Waals surface area contributed by atoms with E-state index in [9.17, 15) is 21.6 Å². The summed E-state index contributed by atoms with van der Waals surface area (Å²) in [6.07, 6.45) is 0. The molecule has 0 spiro atoms. The van der Waals surface area contributed by atoms with Gasteiger partial charge in [0.2, 0.25) is 0 Å². The summed E-state index contributed by atoms with van der Waals surface area (Å²) >= 11 is 0. The number of carbonyl (C=O) groups is 1. The fourth-order valence-electron chi connectivity index (χ4n) is 3.84. The number of urea groups is 1. The van der Waals surface area contributed by atoms with E-state index in [2.05, 4.69) is 10.6 Å². The lowest BCUT2D eigenvalue weighted by atomic mass is 10.2. The molecule has 0 atom stereocenters. The number of rotatable bonds is 8. The number of amides is 2. The highest BCUT2D eigenvalue weighted by Gasteiger charge is 2.23. The second-order valence-corrected chi connectivity index (χ2v) is 12.2. The van der Waals surface area contributed by atoms with E-state index in [1.165, 1.54) is 36.4 Å². The number of aryl methyl sites for hydroxylation is 4. The number of anilines is 2. The van der Waals surface area contributed by atoms with Crippen LogP contribution in [0.3, 0.4) is 0 Å². The minimum absolute atomic E-state index is 0.0166. The number of benzene rings is 4. The highest BCUT2D eigenvalue weighted by molar-refractivity contribution is 7.87. The molecule has 0 saturated carbocycles. The largest absolute Gasteiger partial charge is 0.377 e. The van der Waals surface area contributed by atoms with E-state index in [1.54, 1.807) is 76.2 Å². The number of nitrogens with one attached hydrogen (secondary N) is 2. The molecule has 4 aromatic carbocycles. The Morgan fingerprint density at radius 1 is 0.575 bits per heavy atom. The van der Waals surface area contributed by atoms with Gasteiger partial charge in [0.15, 0.2) is 11.5 Å². The smallest absolute Gasteiger partial charge is 0.339 e. The van der Waals surface area contributed by atoms with Gasteiger partial charge in [-0.05, 0) is 86.3 Å². The maximum atomic E-state index is 13.0. The molecule has 0 heterocycles. The van der Waals surface area contributed by atoms with Gasteiger partial charge < -0.3 is 19.0 Å². The molecule has 2 amide bonds. The first-order valence-corrected chi connectivity index (χ1v) is 15.0. The van der Waals surface area contributed by atoms with Gasteiger partial charge in [0.25, 0.3) is 0 Å². The van der Waals surface area contributed by atoms with Crippen molar-refractivity contribution in [2.75, 3.05) is 10.6 Å². The number of carbonyl (C=O) groups excluding carboxylic acids is 1. The summed E-state index contributed by atoms with van der Waals surface area (Å²) in [6, 6.07) is 21.3. The molecule has 4 rings (SSSR count). The summed E-state index contributed by atoms with van der Waals surface area (Å²) in [7, 11) is -8.40. The molecular weight excluding hydrogens is 552 g/mol. The van der Waals surface area contributed by atoms with E-state index in [0.717, 1.165) is 11.1 Å². The Balaban J connectivity index is 1.54. The average molecular weight is 581 g/mol. The molecule has 0 saturated heterocycles. The van der Waals surface area contributed by atoms with Crippen molar-refractivity contribution < 1.29 is 30.0 Å². The lowest BCUT2D eigenvalue weighted by Crippen LogP contribution is -2.21. The molecule has 2 N–H and O–H groups in total. The molecular formula is C29H28N2O7S2. The van der Waals surface area contributed by atoms with Crippen LogP contribution in [0.2, 0.25) is 0 Å². The fourth-order valence-corrected chi connectivity index (χ4v) is 6.37. The zero-order valence-electron chi connectivity index (χ0n) is 22.3. The van der Waals surface area contributed by atoms with Gasteiger partial charge in [-0.1, -0.05) is 48.5 Å². The zero-order valence-corrected chi connectivity index (χ0v) is 23.9. The molecule has 0 aromatic heterocycles. The van der Waals surface area contributed by atoms with Crippen molar-refractivity contribution in [1.82, 2.24) is 0 Å². The van der Waals surface area contributed by atoms with Crippen LogP contribution in [0.4, 0.5) is 16.2 Å². The van der Waals surface area contributed by atoms with E-state index < -0.39 is 26.3 Å². The first-order valence-electron chi connectivity index (χ1n) is 12.2. The van der Waals surface area contributed by atoms with Crippen molar-refractivity contribution in [2.45, 2.75) is 37.5 Å². The standard InChI is InChI=1S/C29H28N2O7S2/c1-19-13-15-21(3)27(17-19)39(33,34)37-25-11-7-5-9-23(25)30-29(32)31-24-10-6-8-12-26(24)38-40(35,36)28-18-20(2)14-16-22(28)4/h5-18H,1-4H3,(H2,30,31,32). The van der Waals surface area contributed by atoms with Crippen molar-refractivity contribution in [3.05, 3.63) is 107 Å². The van der Waals surface area contributed by atoms with Gasteiger partial charge in [0.05, 0.1) is 11.4 Å². The maximum absolute atomic E-state index is 13.0. The second-order valence-electron chi connectivity index (χ2n) is 9.18.